The average molecular weight is 420 g/mol. The number of hydrogen-bond donors (Lipinski definition) is 1. The van der Waals surface area contributed by atoms with Gasteiger partial charge in [-0.25, -0.2) is 14.4 Å². The first-order valence-electron chi connectivity index (χ1n) is 10.1. The lowest BCUT2D eigenvalue weighted by Crippen LogP contribution is -2.39. The fourth-order valence-electron chi connectivity index (χ4n) is 4.11. The van der Waals surface area contributed by atoms with Crippen molar-refractivity contribution in [2.75, 3.05) is 10.2 Å². The molecule has 8 nitrogen and oxygen atoms in total. The van der Waals surface area contributed by atoms with E-state index < -0.39 is 11.2 Å². The van der Waals surface area contributed by atoms with Crippen LogP contribution >= 0.6 is 0 Å². The molecular weight excluding hydrogens is 399 g/mol. The molecule has 1 fully saturated rings. The van der Waals surface area contributed by atoms with Crippen molar-refractivity contribution in [3.63, 3.8) is 0 Å². The molecule has 5 rings (SSSR count). The molecule has 31 heavy (non-hydrogen) atoms. The number of hydrogen-bond acceptors (Lipinski definition) is 7. The summed E-state index contributed by atoms with van der Waals surface area (Å²) in [7, 11) is 0. The molecule has 2 aliphatic rings. The highest BCUT2D eigenvalue weighted by Crippen LogP contribution is 2.57. The summed E-state index contributed by atoms with van der Waals surface area (Å²) < 4.78 is 18.8. The molecule has 1 spiro atoms. The van der Waals surface area contributed by atoms with Gasteiger partial charge in [0.1, 0.15) is 11.5 Å². The van der Waals surface area contributed by atoms with Crippen LogP contribution < -0.4 is 10.2 Å². The van der Waals surface area contributed by atoms with Crippen molar-refractivity contribution in [3.05, 3.63) is 54.6 Å². The molecule has 0 saturated heterocycles. The van der Waals surface area contributed by atoms with E-state index in [1.165, 1.54) is 6.39 Å². The minimum atomic E-state index is -0.546. The second-order valence-electron chi connectivity index (χ2n) is 8.13. The Balaban J connectivity index is 1.46. The van der Waals surface area contributed by atoms with Gasteiger partial charge in [-0.3, -0.25) is 14.7 Å². The number of carbonyl (C=O) groups is 1. The van der Waals surface area contributed by atoms with Crippen LogP contribution in [0, 0.1) is 6.92 Å². The Labute approximate surface area is 178 Å². The zero-order chi connectivity index (χ0) is 21.8. The molecule has 9 heteroatoms. The number of nitrogens with zero attached hydrogens (tertiary/aromatic N) is 5. The highest BCUT2D eigenvalue weighted by molar-refractivity contribution is 6.09. The summed E-state index contributed by atoms with van der Waals surface area (Å²) in [6.45, 7) is 7.08. The van der Waals surface area contributed by atoms with Crippen LogP contribution in [-0.2, 0) is 10.2 Å². The SMILES string of the molecule is C=C(F)CC(C)N1C(=O)C2(CC2)c2cnc(Nc3cnc(-c4cnco4)cc3C)nc21. The number of nitrogens with one attached hydrogen (secondary N) is 1. The van der Waals surface area contributed by atoms with Gasteiger partial charge in [0.2, 0.25) is 11.9 Å². The Morgan fingerprint density at radius 1 is 1.35 bits per heavy atom. The van der Waals surface area contributed by atoms with Crippen LogP contribution in [0.25, 0.3) is 11.5 Å². The van der Waals surface area contributed by atoms with Gasteiger partial charge in [0.15, 0.2) is 12.2 Å². The number of aromatic nitrogens is 4. The van der Waals surface area contributed by atoms with Crippen molar-refractivity contribution in [2.45, 2.75) is 44.6 Å². The molecule has 3 aromatic rings. The van der Waals surface area contributed by atoms with Gasteiger partial charge in [-0.1, -0.05) is 6.58 Å². The topological polar surface area (TPSA) is 97.0 Å². The summed E-state index contributed by atoms with van der Waals surface area (Å²) >= 11 is 0. The van der Waals surface area contributed by atoms with E-state index in [1.807, 2.05) is 13.0 Å². The molecule has 0 radical (unpaired) electrons. The van der Waals surface area contributed by atoms with E-state index in [2.05, 4.69) is 31.8 Å². The molecule has 0 bridgehead atoms. The Morgan fingerprint density at radius 3 is 2.81 bits per heavy atom. The summed E-state index contributed by atoms with van der Waals surface area (Å²) in [5.41, 5.74) is 2.58. The highest BCUT2D eigenvalue weighted by atomic mass is 19.1. The summed E-state index contributed by atoms with van der Waals surface area (Å²) in [6.07, 6.45) is 7.94. The zero-order valence-electron chi connectivity index (χ0n) is 17.2. The number of oxazole rings is 1. The lowest BCUT2D eigenvalue weighted by molar-refractivity contribution is -0.120. The fourth-order valence-corrected chi connectivity index (χ4v) is 4.11. The molecule has 4 heterocycles. The molecule has 1 unspecified atom stereocenters. The minimum Gasteiger partial charge on any atom is -0.442 e. The molecule has 1 amide bonds. The summed E-state index contributed by atoms with van der Waals surface area (Å²) in [5.74, 6) is 0.975. The van der Waals surface area contributed by atoms with Crippen LogP contribution in [0.3, 0.4) is 0 Å². The van der Waals surface area contributed by atoms with E-state index in [1.54, 1.807) is 30.4 Å². The first-order chi connectivity index (χ1) is 14.9. The van der Waals surface area contributed by atoms with Crippen LogP contribution in [-0.4, -0.2) is 31.9 Å². The Hall–Kier alpha value is -3.62. The first kappa shape index (κ1) is 19.3. The number of pyridine rings is 1. The number of aryl methyl sites for hydroxylation is 1. The molecule has 1 atom stereocenters. The second kappa shape index (κ2) is 6.97. The molecule has 1 aliphatic carbocycles. The van der Waals surface area contributed by atoms with Crippen LogP contribution in [0.1, 0.15) is 37.3 Å². The van der Waals surface area contributed by atoms with Gasteiger partial charge < -0.3 is 9.73 Å². The lowest BCUT2D eigenvalue weighted by Gasteiger charge is -2.24. The molecule has 158 valence electrons. The van der Waals surface area contributed by atoms with E-state index in [4.69, 9.17) is 4.42 Å². The van der Waals surface area contributed by atoms with Crippen molar-refractivity contribution in [1.29, 1.82) is 0 Å². The summed E-state index contributed by atoms with van der Waals surface area (Å²) in [6, 6.07) is 1.50. The molecule has 1 N–H and O–H groups in total. The van der Waals surface area contributed by atoms with E-state index >= 15 is 0 Å². The maximum absolute atomic E-state index is 13.5. The predicted octanol–water partition coefficient (Wildman–Crippen LogP) is 4.22. The van der Waals surface area contributed by atoms with E-state index in [0.29, 0.717) is 23.2 Å². The standard InChI is InChI=1S/C22H21FN6O2/c1-12-6-16(18-10-24-11-31-18)25-9-17(12)27-21-26-8-15-19(28-21)29(14(3)7-13(2)23)20(30)22(15)4-5-22/h6,8-11,14H,2,4-5,7H2,1,3H3,(H,26,27,28). The molecule has 3 aromatic heterocycles. The third kappa shape index (κ3) is 3.17. The van der Waals surface area contributed by atoms with Crippen LogP contribution in [0.2, 0.25) is 0 Å². The smallest absolute Gasteiger partial charge is 0.239 e. The van der Waals surface area contributed by atoms with Gasteiger partial charge in [-0.15, -0.1) is 0 Å². The maximum Gasteiger partial charge on any atom is 0.239 e. The van der Waals surface area contributed by atoms with Crippen LogP contribution in [0.15, 0.2) is 47.9 Å². The summed E-state index contributed by atoms with van der Waals surface area (Å²) in [5, 5.41) is 3.18. The number of amides is 1. The number of carbonyl (C=O) groups excluding carboxylic acids is 1. The van der Waals surface area contributed by atoms with Crippen molar-refractivity contribution in [1.82, 2.24) is 19.9 Å². The van der Waals surface area contributed by atoms with Gasteiger partial charge in [0.25, 0.3) is 0 Å². The van der Waals surface area contributed by atoms with Crippen molar-refractivity contribution in [2.24, 2.45) is 0 Å². The van der Waals surface area contributed by atoms with E-state index in [0.717, 1.165) is 29.7 Å². The monoisotopic (exact) mass is 420 g/mol. The molecule has 1 saturated carbocycles. The van der Waals surface area contributed by atoms with Gasteiger partial charge in [-0.05, 0) is 38.3 Å². The third-order valence-corrected chi connectivity index (χ3v) is 5.89. The number of rotatable bonds is 6. The zero-order valence-corrected chi connectivity index (χ0v) is 17.2. The Morgan fingerprint density at radius 2 is 2.16 bits per heavy atom. The van der Waals surface area contributed by atoms with Gasteiger partial charge in [0, 0.05) is 24.2 Å². The van der Waals surface area contributed by atoms with Gasteiger partial charge in [0.05, 0.1) is 29.3 Å². The van der Waals surface area contributed by atoms with E-state index in [9.17, 15) is 9.18 Å². The second-order valence-corrected chi connectivity index (χ2v) is 8.13. The Bertz CT molecular complexity index is 1190. The van der Waals surface area contributed by atoms with Crippen molar-refractivity contribution < 1.29 is 13.6 Å². The quantitative estimate of drug-likeness (QED) is 0.638. The summed E-state index contributed by atoms with van der Waals surface area (Å²) in [4.78, 5) is 32.1. The number of fused-ring (bicyclic) bond motifs is 2. The van der Waals surface area contributed by atoms with Crippen LogP contribution in [0.4, 0.5) is 21.8 Å². The number of halogens is 1. The lowest BCUT2D eigenvalue weighted by atomic mass is 10.0. The number of anilines is 3. The van der Waals surface area contributed by atoms with Crippen LogP contribution in [0.5, 0.6) is 0 Å². The van der Waals surface area contributed by atoms with Crippen molar-refractivity contribution in [3.8, 4) is 11.5 Å². The maximum atomic E-state index is 13.5. The van der Waals surface area contributed by atoms with Gasteiger partial charge >= 0.3 is 0 Å². The molecular formula is C22H21FN6O2. The first-order valence-corrected chi connectivity index (χ1v) is 10.1. The highest BCUT2D eigenvalue weighted by Gasteiger charge is 2.61. The predicted molar refractivity (Wildman–Crippen MR) is 113 cm³/mol. The van der Waals surface area contributed by atoms with Gasteiger partial charge in [-0.2, -0.15) is 4.98 Å². The van der Waals surface area contributed by atoms with Crippen molar-refractivity contribution >= 4 is 23.4 Å². The average Bonchev–Trinajstić information content (AvgIpc) is 3.26. The molecule has 1 aliphatic heterocycles. The largest absolute Gasteiger partial charge is 0.442 e. The third-order valence-electron chi connectivity index (χ3n) is 5.89. The molecule has 0 aromatic carbocycles. The minimum absolute atomic E-state index is 0.0306. The Kier molecular flexibility index (Phi) is 4.35. The van der Waals surface area contributed by atoms with E-state index in [-0.39, 0.29) is 18.4 Å². The fraction of sp³-hybridized carbons (Fsp3) is 0.318. The normalized spacial score (nSPS) is 17.0.